The smallest absolute Gasteiger partial charge is 0.0585 e. The molecule has 1 atom stereocenters. The van der Waals surface area contributed by atoms with Crippen LogP contribution in [0.25, 0.3) is 0 Å². The quantitative estimate of drug-likeness (QED) is 0.839. The third-order valence-electron chi connectivity index (χ3n) is 3.79. The zero-order valence-corrected chi connectivity index (χ0v) is 10.4. The molecule has 1 fully saturated rings. The largest absolute Gasteiger partial charge is 0.395 e. The molecular formula is C15H23NO. The monoisotopic (exact) mass is 233 g/mol. The third-order valence-corrected chi connectivity index (χ3v) is 3.79. The molecule has 1 saturated carbocycles. The Balaban J connectivity index is 1.97. The molecule has 3 N–H and O–H groups in total. The molecule has 0 saturated heterocycles. The SMILES string of the molecule is NC(CO)Cc1ccc(C2CCCCC2)cc1. The van der Waals surface area contributed by atoms with Crippen molar-refractivity contribution >= 4 is 0 Å². The van der Waals surface area contributed by atoms with Crippen molar-refractivity contribution < 1.29 is 5.11 Å². The van der Waals surface area contributed by atoms with E-state index in [-0.39, 0.29) is 12.6 Å². The van der Waals surface area contributed by atoms with Crippen LogP contribution in [0.1, 0.15) is 49.1 Å². The Labute approximate surface area is 104 Å². The zero-order valence-electron chi connectivity index (χ0n) is 10.4. The van der Waals surface area contributed by atoms with Crippen molar-refractivity contribution in [1.29, 1.82) is 0 Å². The Morgan fingerprint density at radius 3 is 2.35 bits per heavy atom. The second kappa shape index (κ2) is 6.18. The summed E-state index contributed by atoms with van der Waals surface area (Å²) in [6, 6.07) is 8.69. The van der Waals surface area contributed by atoms with Gasteiger partial charge in [0.15, 0.2) is 0 Å². The Morgan fingerprint density at radius 2 is 1.76 bits per heavy atom. The first kappa shape index (κ1) is 12.6. The lowest BCUT2D eigenvalue weighted by Crippen LogP contribution is -2.26. The van der Waals surface area contributed by atoms with Crippen LogP contribution in [0.5, 0.6) is 0 Å². The van der Waals surface area contributed by atoms with Crippen LogP contribution in [0.15, 0.2) is 24.3 Å². The summed E-state index contributed by atoms with van der Waals surface area (Å²) in [5.41, 5.74) is 8.44. The molecule has 94 valence electrons. The van der Waals surface area contributed by atoms with Crippen molar-refractivity contribution in [3.05, 3.63) is 35.4 Å². The molecule has 0 aromatic heterocycles. The standard InChI is InChI=1S/C15H23NO/c16-15(11-17)10-12-6-8-14(9-7-12)13-4-2-1-3-5-13/h6-9,13,15,17H,1-5,10-11,16H2. The summed E-state index contributed by atoms with van der Waals surface area (Å²) >= 11 is 0. The van der Waals surface area contributed by atoms with Crippen molar-refractivity contribution in [2.24, 2.45) is 5.73 Å². The van der Waals surface area contributed by atoms with E-state index < -0.39 is 0 Å². The predicted octanol–water partition coefficient (Wildman–Crippen LogP) is 2.60. The van der Waals surface area contributed by atoms with Crippen molar-refractivity contribution in [2.75, 3.05) is 6.61 Å². The van der Waals surface area contributed by atoms with Crippen LogP contribution in [0.2, 0.25) is 0 Å². The third kappa shape index (κ3) is 3.55. The minimum Gasteiger partial charge on any atom is -0.395 e. The van der Waals surface area contributed by atoms with Gasteiger partial charge in [-0.05, 0) is 36.3 Å². The van der Waals surface area contributed by atoms with Gasteiger partial charge in [-0.25, -0.2) is 0 Å². The lowest BCUT2D eigenvalue weighted by atomic mass is 9.84. The Bertz CT molecular complexity index is 327. The van der Waals surface area contributed by atoms with Crippen molar-refractivity contribution in [1.82, 2.24) is 0 Å². The van der Waals surface area contributed by atoms with Gasteiger partial charge in [-0.15, -0.1) is 0 Å². The molecule has 1 unspecified atom stereocenters. The van der Waals surface area contributed by atoms with Gasteiger partial charge in [0.05, 0.1) is 6.61 Å². The van der Waals surface area contributed by atoms with E-state index in [1.54, 1.807) is 0 Å². The molecule has 1 aromatic rings. The van der Waals surface area contributed by atoms with Crippen LogP contribution in [-0.4, -0.2) is 17.8 Å². The van der Waals surface area contributed by atoms with Gasteiger partial charge in [0.25, 0.3) is 0 Å². The van der Waals surface area contributed by atoms with Crippen LogP contribution in [0.4, 0.5) is 0 Å². The zero-order chi connectivity index (χ0) is 12.1. The highest BCUT2D eigenvalue weighted by atomic mass is 16.3. The van der Waals surface area contributed by atoms with E-state index in [1.807, 2.05) is 0 Å². The summed E-state index contributed by atoms with van der Waals surface area (Å²) < 4.78 is 0. The highest BCUT2D eigenvalue weighted by Gasteiger charge is 2.15. The molecule has 0 aliphatic heterocycles. The van der Waals surface area contributed by atoms with Crippen LogP contribution in [-0.2, 0) is 6.42 Å². The second-order valence-corrected chi connectivity index (χ2v) is 5.22. The number of rotatable bonds is 4. The van der Waals surface area contributed by atoms with Gasteiger partial charge in [-0.1, -0.05) is 43.5 Å². The molecule has 17 heavy (non-hydrogen) atoms. The van der Waals surface area contributed by atoms with Gasteiger partial charge in [0, 0.05) is 6.04 Å². The number of hydrogen-bond acceptors (Lipinski definition) is 2. The Hall–Kier alpha value is -0.860. The van der Waals surface area contributed by atoms with Gasteiger partial charge >= 0.3 is 0 Å². The van der Waals surface area contributed by atoms with Crippen molar-refractivity contribution in [3.8, 4) is 0 Å². The lowest BCUT2D eigenvalue weighted by Gasteiger charge is -2.22. The average molecular weight is 233 g/mol. The molecule has 0 spiro atoms. The van der Waals surface area contributed by atoms with Crippen molar-refractivity contribution in [3.63, 3.8) is 0 Å². The molecule has 0 radical (unpaired) electrons. The van der Waals surface area contributed by atoms with Gasteiger partial charge in [0.2, 0.25) is 0 Å². The van der Waals surface area contributed by atoms with Gasteiger partial charge < -0.3 is 10.8 Å². The van der Waals surface area contributed by atoms with Gasteiger partial charge in [-0.3, -0.25) is 0 Å². The average Bonchev–Trinajstić information content (AvgIpc) is 2.40. The summed E-state index contributed by atoms with van der Waals surface area (Å²) in [6.45, 7) is 0.0599. The minimum atomic E-state index is -0.129. The van der Waals surface area contributed by atoms with E-state index in [1.165, 1.54) is 43.2 Å². The first-order valence-electron chi connectivity index (χ1n) is 6.75. The molecule has 0 heterocycles. The number of aliphatic hydroxyl groups excluding tert-OH is 1. The van der Waals surface area contributed by atoms with Crippen LogP contribution >= 0.6 is 0 Å². The highest BCUT2D eigenvalue weighted by Crippen LogP contribution is 2.32. The maximum absolute atomic E-state index is 8.93. The summed E-state index contributed by atoms with van der Waals surface area (Å²) in [4.78, 5) is 0. The first-order chi connectivity index (χ1) is 8.29. The summed E-state index contributed by atoms with van der Waals surface area (Å²) in [7, 11) is 0. The van der Waals surface area contributed by atoms with Gasteiger partial charge in [0.1, 0.15) is 0 Å². The lowest BCUT2D eigenvalue weighted by molar-refractivity contribution is 0.265. The minimum absolute atomic E-state index is 0.0599. The summed E-state index contributed by atoms with van der Waals surface area (Å²) in [5.74, 6) is 0.768. The molecule has 2 rings (SSSR count). The molecule has 0 bridgehead atoms. The van der Waals surface area contributed by atoms with Crippen LogP contribution in [0.3, 0.4) is 0 Å². The second-order valence-electron chi connectivity index (χ2n) is 5.22. The maximum Gasteiger partial charge on any atom is 0.0585 e. The molecule has 1 aliphatic carbocycles. The first-order valence-corrected chi connectivity index (χ1v) is 6.75. The normalized spacial score (nSPS) is 19.2. The van der Waals surface area contributed by atoms with E-state index in [4.69, 9.17) is 10.8 Å². The molecule has 1 aliphatic rings. The van der Waals surface area contributed by atoms with E-state index in [2.05, 4.69) is 24.3 Å². The van der Waals surface area contributed by atoms with Crippen LogP contribution < -0.4 is 5.73 Å². The van der Waals surface area contributed by atoms with E-state index in [9.17, 15) is 0 Å². The number of aliphatic hydroxyl groups is 1. The fourth-order valence-corrected chi connectivity index (χ4v) is 2.73. The highest BCUT2D eigenvalue weighted by molar-refractivity contribution is 5.26. The van der Waals surface area contributed by atoms with E-state index in [0.29, 0.717) is 0 Å². The number of hydrogen-bond donors (Lipinski definition) is 2. The summed E-state index contributed by atoms with van der Waals surface area (Å²) in [5, 5.41) is 8.93. The fraction of sp³-hybridized carbons (Fsp3) is 0.600. The van der Waals surface area contributed by atoms with Crippen molar-refractivity contribution in [2.45, 2.75) is 50.5 Å². The molecule has 0 amide bonds. The topological polar surface area (TPSA) is 46.2 Å². The van der Waals surface area contributed by atoms with E-state index in [0.717, 1.165) is 12.3 Å². The maximum atomic E-state index is 8.93. The van der Waals surface area contributed by atoms with Crippen LogP contribution in [0, 0.1) is 0 Å². The Kier molecular flexibility index (Phi) is 4.57. The Morgan fingerprint density at radius 1 is 1.12 bits per heavy atom. The molecule has 1 aromatic carbocycles. The molecular weight excluding hydrogens is 210 g/mol. The summed E-state index contributed by atoms with van der Waals surface area (Å²) in [6.07, 6.45) is 7.61. The predicted molar refractivity (Wildman–Crippen MR) is 71.0 cm³/mol. The fourth-order valence-electron chi connectivity index (χ4n) is 2.73. The van der Waals surface area contributed by atoms with E-state index >= 15 is 0 Å². The number of nitrogens with two attached hydrogens (primary N) is 1. The molecule has 2 nitrogen and oxygen atoms in total. The number of benzene rings is 1. The van der Waals surface area contributed by atoms with Gasteiger partial charge in [-0.2, -0.15) is 0 Å². The molecule has 2 heteroatoms.